The number of aldehydes is 1. The second kappa shape index (κ2) is 4.91. The lowest BCUT2D eigenvalue weighted by Gasteiger charge is -2.36. The summed E-state index contributed by atoms with van der Waals surface area (Å²) in [6, 6.07) is 0. The van der Waals surface area contributed by atoms with Gasteiger partial charge in [0.15, 0.2) is 8.32 Å². The summed E-state index contributed by atoms with van der Waals surface area (Å²) in [5, 5.41) is 0.126. The molecule has 0 aliphatic carbocycles. The molecule has 0 saturated heterocycles. The van der Waals surface area contributed by atoms with Crippen molar-refractivity contribution in [3.63, 3.8) is 0 Å². The second-order valence-electron chi connectivity index (χ2n) is 4.68. The molecule has 0 saturated carbocycles. The van der Waals surface area contributed by atoms with Crippen molar-refractivity contribution < 1.29 is 12.0 Å². The fourth-order valence-corrected chi connectivity index (χ4v) is 1.69. The normalized spacial score (nSPS) is 16.4. The lowest BCUT2D eigenvalue weighted by Crippen LogP contribution is -2.40. The van der Waals surface area contributed by atoms with E-state index in [1.54, 1.807) is 0 Å². The van der Waals surface area contributed by atoms with Crippen LogP contribution < -0.4 is 0 Å². The molecule has 0 amide bonds. The maximum atomic E-state index is 10.4. The molecule has 3 heteroatoms. The Kier molecular flexibility index (Phi) is 3.55. The van der Waals surface area contributed by atoms with Gasteiger partial charge in [-0.1, -0.05) is 20.8 Å². The van der Waals surface area contributed by atoms with Crippen LogP contribution in [0.4, 0.5) is 0 Å². The lowest BCUT2D eigenvalue weighted by atomic mass is 10.2. The Hall–Kier alpha value is -0.153. The highest BCUT2D eigenvalue weighted by Crippen LogP contribution is 2.36. The van der Waals surface area contributed by atoms with Crippen molar-refractivity contribution in [1.82, 2.24) is 0 Å². The SMILES string of the molecule is [2H]C([2H])(C=O)CCO[Si](C)(C)C(C)(C)C. The van der Waals surface area contributed by atoms with E-state index in [2.05, 4.69) is 33.9 Å². The molecule has 0 fully saturated rings. The maximum absolute atomic E-state index is 10.4. The Morgan fingerprint density at radius 1 is 1.46 bits per heavy atom. The molecule has 0 atom stereocenters. The first-order chi connectivity index (χ1) is 6.52. The predicted octanol–water partition coefficient (Wildman–Crippen LogP) is 2.99. The molecule has 0 radical (unpaired) electrons. The molecule has 0 unspecified atom stereocenters. The number of carbonyl (C=O) groups is 1. The molecule has 2 nitrogen and oxygen atoms in total. The van der Waals surface area contributed by atoms with Crippen molar-refractivity contribution in [2.75, 3.05) is 6.61 Å². The number of carbonyl (C=O) groups excluding carboxylic acids is 1. The fraction of sp³-hybridized carbons (Fsp3) is 0.900. The van der Waals surface area contributed by atoms with Gasteiger partial charge in [-0.3, -0.25) is 0 Å². The molecule has 0 heterocycles. The van der Waals surface area contributed by atoms with Crippen LogP contribution in [0.3, 0.4) is 0 Å². The zero-order valence-electron chi connectivity index (χ0n) is 11.3. The van der Waals surface area contributed by atoms with E-state index in [0.717, 1.165) is 0 Å². The third kappa shape index (κ3) is 4.57. The van der Waals surface area contributed by atoms with E-state index in [1.165, 1.54) is 0 Å². The summed E-state index contributed by atoms with van der Waals surface area (Å²) in [7, 11) is -1.80. The third-order valence-corrected chi connectivity index (χ3v) is 7.14. The Balaban J connectivity index is 4.13. The number of hydrogen-bond donors (Lipinski definition) is 0. The summed E-state index contributed by atoms with van der Waals surface area (Å²) in [4.78, 5) is 10.4. The molecule has 0 aliphatic rings. The average Bonchev–Trinajstić information content (AvgIpc) is 2.01. The van der Waals surface area contributed by atoms with Gasteiger partial charge in [0.1, 0.15) is 6.29 Å². The monoisotopic (exact) mass is 204 g/mol. The maximum Gasteiger partial charge on any atom is 0.191 e. The highest BCUT2D eigenvalue weighted by molar-refractivity contribution is 6.74. The minimum atomic E-state index is -1.80. The first-order valence-corrected chi connectivity index (χ1v) is 7.53. The Morgan fingerprint density at radius 3 is 2.38 bits per heavy atom. The third-order valence-electron chi connectivity index (χ3n) is 2.60. The molecular weight excluding hydrogens is 180 g/mol. The average molecular weight is 204 g/mol. The molecule has 0 N–H and O–H groups in total. The van der Waals surface area contributed by atoms with E-state index in [0.29, 0.717) is 12.9 Å². The molecule has 0 aliphatic heterocycles. The second-order valence-corrected chi connectivity index (χ2v) is 9.49. The molecule has 0 aromatic heterocycles. The van der Waals surface area contributed by atoms with Crippen LogP contribution in [0.1, 0.15) is 36.3 Å². The summed E-state index contributed by atoms with van der Waals surface area (Å²) in [5.41, 5.74) is 0. The van der Waals surface area contributed by atoms with E-state index in [1.807, 2.05) is 0 Å². The minimum absolute atomic E-state index is 0.126. The predicted molar refractivity (Wildman–Crippen MR) is 58.4 cm³/mol. The van der Waals surface area contributed by atoms with Gasteiger partial charge in [-0.2, -0.15) is 0 Å². The molecule has 78 valence electrons. The van der Waals surface area contributed by atoms with Crippen molar-refractivity contribution in [2.24, 2.45) is 0 Å². The van der Waals surface area contributed by atoms with Crippen molar-refractivity contribution in [1.29, 1.82) is 0 Å². The van der Waals surface area contributed by atoms with Crippen LogP contribution in [0.15, 0.2) is 0 Å². The van der Waals surface area contributed by atoms with Gasteiger partial charge in [0.25, 0.3) is 0 Å². The summed E-state index contributed by atoms with van der Waals surface area (Å²) in [6.45, 7) is 10.9. The van der Waals surface area contributed by atoms with Gasteiger partial charge in [-0.05, 0) is 24.6 Å². The van der Waals surface area contributed by atoms with Crippen molar-refractivity contribution >= 4 is 14.6 Å². The summed E-state index contributed by atoms with van der Waals surface area (Å²) < 4.78 is 20.3. The van der Waals surface area contributed by atoms with Crippen molar-refractivity contribution in [3.05, 3.63) is 0 Å². The van der Waals surface area contributed by atoms with Gasteiger partial charge >= 0.3 is 0 Å². The van der Waals surface area contributed by atoms with Crippen molar-refractivity contribution in [3.8, 4) is 0 Å². The highest BCUT2D eigenvalue weighted by Gasteiger charge is 2.36. The van der Waals surface area contributed by atoms with Crippen LogP contribution in [0.25, 0.3) is 0 Å². The van der Waals surface area contributed by atoms with Crippen LogP contribution in [0.5, 0.6) is 0 Å². The topological polar surface area (TPSA) is 26.3 Å². The quantitative estimate of drug-likeness (QED) is 0.508. The van der Waals surface area contributed by atoms with E-state index in [-0.39, 0.29) is 11.5 Å². The Bertz CT molecular complexity index is 222. The van der Waals surface area contributed by atoms with Gasteiger partial charge in [0.2, 0.25) is 0 Å². The first-order valence-electron chi connectivity index (χ1n) is 5.62. The van der Waals surface area contributed by atoms with Crippen LogP contribution in [-0.2, 0) is 9.22 Å². The molecule has 0 aromatic rings. The standard InChI is InChI=1S/C10H22O2Si/c1-10(2,3)13(4,5)12-9-7-6-8-11/h8H,6-7,9H2,1-5H3/i6D2. The molecule has 0 bridgehead atoms. The lowest BCUT2D eigenvalue weighted by molar-refractivity contribution is -0.108. The van der Waals surface area contributed by atoms with Crippen LogP contribution >= 0.6 is 0 Å². The summed E-state index contributed by atoms with van der Waals surface area (Å²) in [6.07, 6.45) is -1.26. The largest absolute Gasteiger partial charge is 0.417 e. The Labute approximate surface area is 85.6 Å². The van der Waals surface area contributed by atoms with Crippen LogP contribution in [0.2, 0.25) is 18.1 Å². The molecule has 0 aromatic carbocycles. The smallest absolute Gasteiger partial charge is 0.191 e. The molecule has 0 spiro atoms. The number of hydrogen-bond acceptors (Lipinski definition) is 2. The van der Waals surface area contributed by atoms with E-state index >= 15 is 0 Å². The van der Waals surface area contributed by atoms with E-state index in [4.69, 9.17) is 7.17 Å². The zero-order chi connectivity index (χ0) is 12.3. The van der Waals surface area contributed by atoms with Crippen molar-refractivity contribution in [2.45, 2.75) is 51.7 Å². The van der Waals surface area contributed by atoms with E-state index in [9.17, 15) is 4.79 Å². The molecule has 13 heavy (non-hydrogen) atoms. The van der Waals surface area contributed by atoms with Gasteiger partial charge in [-0.25, -0.2) is 0 Å². The highest BCUT2D eigenvalue weighted by atomic mass is 28.4. The van der Waals surface area contributed by atoms with Gasteiger partial charge < -0.3 is 9.22 Å². The van der Waals surface area contributed by atoms with Crippen LogP contribution in [-0.4, -0.2) is 21.2 Å². The van der Waals surface area contributed by atoms with Gasteiger partial charge in [-0.15, -0.1) is 0 Å². The fourth-order valence-electron chi connectivity index (χ4n) is 0.641. The first kappa shape index (κ1) is 9.40. The zero-order valence-corrected chi connectivity index (χ0v) is 10.3. The molecule has 0 rings (SSSR count). The number of rotatable bonds is 5. The summed E-state index contributed by atoms with van der Waals surface area (Å²) >= 11 is 0. The van der Waals surface area contributed by atoms with E-state index < -0.39 is 14.7 Å². The molecular formula is C10H22O2Si. The van der Waals surface area contributed by atoms with Gasteiger partial charge in [0, 0.05) is 15.7 Å². The van der Waals surface area contributed by atoms with Crippen LogP contribution in [0, 0.1) is 0 Å². The summed E-state index contributed by atoms with van der Waals surface area (Å²) in [5.74, 6) is 0. The minimum Gasteiger partial charge on any atom is -0.417 e. The van der Waals surface area contributed by atoms with Gasteiger partial charge in [0.05, 0.1) is 0 Å². The Morgan fingerprint density at radius 2 is 2.00 bits per heavy atom.